The van der Waals surface area contributed by atoms with E-state index in [-0.39, 0.29) is 5.91 Å². The van der Waals surface area contributed by atoms with Crippen LogP contribution in [0.25, 0.3) is 0 Å². The van der Waals surface area contributed by atoms with Crippen molar-refractivity contribution in [3.05, 3.63) is 18.2 Å². The molecule has 0 unspecified atom stereocenters. The second-order valence-corrected chi connectivity index (χ2v) is 5.71. The first-order valence-electron chi connectivity index (χ1n) is 6.58. The van der Waals surface area contributed by atoms with Gasteiger partial charge in [-0.15, -0.1) is 0 Å². The van der Waals surface area contributed by atoms with Crippen molar-refractivity contribution in [3.8, 4) is 11.5 Å². The van der Waals surface area contributed by atoms with Gasteiger partial charge in [-0.25, -0.2) is 0 Å². The number of carboxylic acids is 1. The topological polar surface area (TPSA) is 84.9 Å². The number of amides is 1. The molecule has 21 heavy (non-hydrogen) atoms. The second kappa shape index (κ2) is 5.27. The van der Waals surface area contributed by atoms with Crippen LogP contribution >= 0.6 is 0 Å². The predicted octanol–water partition coefficient (Wildman–Crippen LogP) is 2.00. The third kappa shape index (κ3) is 2.79. The van der Waals surface area contributed by atoms with E-state index in [4.69, 9.17) is 14.6 Å². The van der Waals surface area contributed by atoms with Gasteiger partial charge in [0, 0.05) is 23.9 Å². The monoisotopic (exact) mass is 293 g/mol. The van der Waals surface area contributed by atoms with E-state index < -0.39 is 23.2 Å². The molecule has 0 spiro atoms. The lowest BCUT2D eigenvalue weighted by molar-refractivity contribution is -0.140. The fraction of sp³-hybridized carbons (Fsp3) is 0.467. The molecule has 0 aliphatic heterocycles. The van der Waals surface area contributed by atoms with E-state index in [0.29, 0.717) is 17.2 Å². The number of carboxylic acid groups (broad SMARTS) is 1. The minimum atomic E-state index is -0.941. The lowest BCUT2D eigenvalue weighted by Gasteiger charge is -2.10. The Hall–Kier alpha value is -2.24. The predicted molar refractivity (Wildman–Crippen MR) is 76.6 cm³/mol. The van der Waals surface area contributed by atoms with Crippen LogP contribution in [0.15, 0.2) is 18.2 Å². The maximum atomic E-state index is 12.2. The van der Waals surface area contributed by atoms with Crippen LogP contribution in [-0.4, -0.2) is 31.2 Å². The zero-order valence-corrected chi connectivity index (χ0v) is 12.5. The van der Waals surface area contributed by atoms with E-state index in [2.05, 4.69) is 5.32 Å². The number of anilines is 1. The number of benzene rings is 1. The summed E-state index contributed by atoms with van der Waals surface area (Å²) >= 11 is 0. The van der Waals surface area contributed by atoms with Crippen LogP contribution in [0, 0.1) is 17.3 Å². The summed E-state index contributed by atoms with van der Waals surface area (Å²) < 4.78 is 10.3. The van der Waals surface area contributed by atoms with E-state index in [9.17, 15) is 9.59 Å². The highest BCUT2D eigenvalue weighted by Gasteiger charge is 2.65. The molecule has 0 heterocycles. The van der Waals surface area contributed by atoms with Gasteiger partial charge in [0.25, 0.3) is 0 Å². The summed E-state index contributed by atoms with van der Waals surface area (Å²) in [6.07, 6.45) is 0. The highest BCUT2D eigenvalue weighted by Crippen LogP contribution is 2.58. The first-order valence-corrected chi connectivity index (χ1v) is 6.58. The molecule has 0 radical (unpaired) electrons. The summed E-state index contributed by atoms with van der Waals surface area (Å²) in [5, 5.41) is 11.9. The fourth-order valence-corrected chi connectivity index (χ4v) is 2.69. The highest BCUT2D eigenvalue weighted by atomic mass is 16.5. The van der Waals surface area contributed by atoms with Gasteiger partial charge in [0.1, 0.15) is 11.5 Å². The van der Waals surface area contributed by atoms with Crippen LogP contribution < -0.4 is 14.8 Å². The molecule has 0 saturated heterocycles. The zero-order valence-electron chi connectivity index (χ0n) is 12.5. The quantitative estimate of drug-likeness (QED) is 0.867. The average Bonchev–Trinajstić information content (AvgIpc) is 3.01. The number of ether oxygens (including phenoxy) is 2. The first-order chi connectivity index (χ1) is 9.81. The van der Waals surface area contributed by atoms with Gasteiger partial charge in [0.05, 0.1) is 26.1 Å². The van der Waals surface area contributed by atoms with Crippen LogP contribution in [-0.2, 0) is 9.59 Å². The number of aliphatic carboxylic acids is 1. The number of carbonyl (C=O) groups is 2. The maximum absolute atomic E-state index is 12.2. The summed E-state index contributed by atoms with van der Waals surface area (Å²) in [7, 11) is 3.04. The summed E-state index contributed by atoms with van der Waals surface area (Å²) in [6.45, 7) is 3.56. The van der Waals surface area contributed by atoms with E-state index >= 15 is 0 Å². The van der Waals surface area contributed by atoms with Crippen LogP contribution in [0.1, 0.15) is 13.8 Å². The van der Waals surface area contributed by atoms with Gasteiger partial charge >= 0.3 is 5.97 Å². The van der Waals surface area contributed by atoms with Crippen molar-refractivity contribution in [2.75, 3.05) is 19.5 Å². The molecule has 6 nitrogen and oxygen atoms in total. The van der Waals surface area contributed by atoms with Gasteiger partial charge in [-0.3, -0.25) is 9.59 Å². The lowest BCUT2D eigenvalue weighted by atomic mass is 10.1. The number of methoxy groups -OCH3 is 2. The molecule has 1 aromatic carbocycles. The molecule has 0 aromatic heterocycles. The van der Waals surface area contributed by atoms with E-state index in [1.807, 2.05) is 0 Å². The van der Waals surface area contributed by atoms with Crippen LogP contribution in [0.4, 0.5) is 5.69 Å². The Kier molecular flexibility index (Phi) is 3.80. The molecule has 1 saturated carbocycles. The Bertz CT molecular complexity index is 559. The Morgan fingerprint density at radius 3 is 2.00 bits per heavy atom. The van der Waals surface area contributed by atoms with E-state index in [1.165, 1.54) is 14.2 Å². The molecule has 2 atom stereocenters. The van der Waals surface area contributed by atoms with Crippen molar-refractivity contribution < 1.29 is 24.2 Å². The number of hydrogen-bond acceptors (Lipinski definition) is 4. The van der Waals surface area contributed by atoms with Crippen molar-refractivity contribution in [2.45, 2.75) is 13.8 Å². The Labute approximate surface area is 123 Å². The third-order valence-corrected chi connectivity index (χ3v) is 3.99. The average molecular weight is 293 g/mol. The van der Waals surface area contributed by atoms with Gasteiger partial charge in [-0.05, 0) is 5.41 Å². The van der Waals surface area contributed by atoms with Crippen LogP contribution in [0.3, 0.4) is 0 Å². The van der Waals surface area contributed by atoms with Crippen molar-refractivity contribution in [3.63, 3.8) is 0 Å². The van der Waals surface area contributed by atoms with E-state index in [0.717, 1.165) is 0 Å². The molecular formula is C15H19NO5. The first kappa shape index (κ1) is 15.2. The van der Waals surface area contributed by atoms with Crippen molar-refractivity contribution in [2.24, 2.45) is 17.3 Å². The summed E-state index contributed by atoms with van der Waals surface area (Å²) in [5.74, 6) is -1.33. The van der Waals surface area contributed by atoms with Crippen molar-refractivity contribution in [1.82, 2.24) is 0 Å². The Morgan fingerprint density at radius 2 is 1.62 bits per heavy atom. The standard InChI is InChI=1S/C15H19NO5/c1-15(2)11(12(15)14(18)19)13(17)16-8-5-9(20-3)7-10(6-8)21-4/h5-7,11-12H,1-4H3,(H,16,17)(H,18,19)/t11-,12+/m0/s1. The minimum Gasteiger partial charge on any atom is -0.497 e. The Morgan fingerprint density at radius 1 is 1.10 bits per heavy atom. The Balaban J connectivity index is 2.16. The molecule has 0 bridgehead atoms. The number of hydrogen-bond donors (Lipinski definition) is 2. The molecule has 6 heteroatoms. The van der Waals surface area contributed by atoms with Crippen LogP contribution in [0.2, 0.25) is 0 Å². The van der Waals surface area contributed by atoms with Gasteiger partial charge in [-0.1, -0.05) is 13.8 Å². The van der Waals surface area contributed by atoms with Crippen LogP contribution in [0.5, 0.6) is 11.5 Å². The largest absolute Gasteiger partial charge is 0.497 e. The van der Waals surface area contributed by atoms with Crippen molar-refractivity contribution >= 4 is 17.6 Å². The third-order valence-electron chi connectivity index (χ3n) is 3.99. The van der Waals surface area contributed by atoms with Gasteiger partial charge in [-0.2, -0.15) is 0 Å². The molecule has 1 aliphatic rings. The highest BCUT2D eigenvalue weighted by molar-refractivity contribution is 5.99. The second-order valence-electron chi connectivity index (χ2n) is 5.71. The molecule has 1 aliphatic carbocycles. The fourth-order valence-electron chi connectivity index (χ4n) is 2.69. The summed E-state index contributed by atoms with van der Waals surface area (Å²) in [4.78, 5) is 23.4. The van der Waals surface area contributed by atoms with E-state index in [1.54, 1.807) is 32.0 Å². The molecular weight excluding hydrogens is 274 g/mol. The molecule has 2 rings (SSSR count). The SMILES string of the molecule is COc1cc(NC(=O)[C@@H]2[C@H](C(=O)O)C2(C)C)cc(OC)c1. The molecule has 1 aromatic rings. The normalized spacial score (nSPS) is 22.3. The smallest absolute Gasteiger partial charge is 0.307 e. The summed E-state index contributed by atoms with van der Waals surface area (Å²) in [5.41, 5.74) is -0.0122. The molecule has 114 valence electrons. The zero-order chi connectivity index (χ0) is 15.8. The molecule has 2 N–H and O–H groups in total. The van der Waals surface area contributed by atoms with Gasteiger partial charge in [0.15, 0.2) is 0 Å². The number of rotatable bonds is 5. The van der Waals surface area contributed by atoms with Crippen molar-refractivity contribution in [1.29, 1.82) is 0 Å². The molecule has 1 fully saturated rings. The minimum absolute atomic E-state index is 0.303. The number of nitrogens with one attached hydrogen (secondary N) is 1. The molecule has 1 amide bonds. The van der Waals surface area contributed by atoms with Gasteiger partial charge in [0.2, 0.25) is 5.91 Å². The number of carbonyl (C=O) groups excluding carboxylic acids is 1. The maximum Gasteiger partial charge on any atom is 0.307 e. The van der Waals surface area contributed by atoms with Gasteiger partial charge < -0.3 is 19.9 Å². The summed E-state index contributed by atoms with van der Waals surface area (Å²) in [6, 6.07) is 5.01. The lowest BCUT2D eigenvalue weighted by Crippen LogP contribution is -2.17.